The Kier molecular flexibility index (Phi) is 6.18. The van der Waals surface area contributed by atoms with Gasteiger partial charge in [0.05, 0.1) is 22.3 Å². The van der Waals surface area contributed by atoms with Gasteiger partial charge in [0.15, 0.2) is 12.0 Å². The quantitative estimate of drug-likeness (QED) is 0.284. The lowest BCUT2D eigenvalue weighted by molar-refractivity contribution is -0.153. The van der Waals surface area contributed by atoms with Gasteiger partial charge in [-0.3, -0.25) is 9.59 Å². The second kappa shape index (κ2) is 8.97. The molecule has 1 amide bonds. The summed E-state index contributed by atoms with van der Waals surface area (Å²) in [5.74, 6) is -1.40. The molecule has 0 saturated heterocycles. The fourth-order valence-corrected chi connectivity index (χ4v) is 3.67. The van der Waals surface area contributed by atoms with Crippen molar-refractivity contribution in [3.8, 4) is 5.75 Å². The maximum atomic E-state index is 13.2. The molecule has 0 unspecified atom stereocenters. The van der Waals surface area contributed by atoms with E-state index in [2.05, 4.69) is 10.1 Å². The van der Waals surface area contributed by atoms with Crippen molar-refractivity contribution >= 4 is 33.4 Å². The number of alkyl halides is 6. The van der Waals surface area contributed by atoms with Gasteiger partial charge in [-0.05, 0) is 42.5 Å². The highest BCUT2D eigenvalue weighted by Crippen LogP contribution is 2.35. The van der Waals surface area contributed by atoms with Crippen LogP contribution in [0.15, 0.2) is 71.5 Å². The first-order valence-electron chi connectivity index (χ1n) is 10.1. The van der Waals surface area contributed by atoms with E-state index in [9.17, 15) is 35.9 Å². The zero-order valence-corrected chi connectivity index (χ0v) is 17.7. The summed E-state index contributed by atoms with van der Waals surface area (Å²) in [4.78, 5) is 25.7. The smallest absolute Gasteiger partial charge is 0.422 e. The Morgan fingerprint density at radius 3 is 1.97 bits per heavy atom. The van der Waals surface area contributed by atoms with Gasteiger partial charge in [-0.15, -0.1) is 0 Å². The van der Waals surface area contributed by atoms with E-state index in [-0.39, 0.29) is 5.43 Å². The molecule has 4 aromatic rings. The first-order valence-corrected chi connectivity index (χ1v) is 10.1. The van der Waals surface area contributed by atoms with Gasteiger partial charge in [0.1, 0.15) is 12.3 Å². The van der Waals surface area contributed by atoms with E-state index in [0.29, 0.717) is 40.0 Å². The van der Waals surface area contributed by atoms with Gasteiger partial charge in [0, 0.05) is 10.8 Å². The van der Waals surface area contributed by atoms with Crippen molar-refractivity contribution in [2.45, 2.75) is 18.9 Å². The van der Waals surface area contributed by atoms with Gasteiger partial charge in [-0.2, -0.15) is 26.3 Å². The third-order valence-electron chi connectivity index (χ3n) is 5.15. The lowest BCUT2D eigenvalue weighted by Crippen LogP contribution is -2.23. The number of aromatic nitrogens is 1. The van der Waals surface area contributed by atoms with Crippen molar-refractivity contribution in [3.63, 3.8) is 0 Å². The van der Waals surface area contributed by atoms with Crippen molar-refractivity contribution in [1.82, 2.24) is 4.57 Å². The number of rotatable bonds is 5. The maximum Gasteiger partial charge on any atom is 0.422 e. The normalized spacial score (nSPS) is 12.2. The molecule has 0 bridgehead atoms. The molecule has 0 radical (unpaired) electrons. The Balaban J connectivity index is 1.73. The van der Waals surface area contributed by atoms with E-state index in [4.69, 9.17) is 0 Å². The number of carbonyl (C=O) groups is 1. The number of ether oxygens (including phenoxy) is 1. The minimum absolute atomic E-state index is 0.256. The average Bonchev–Trinajstić information content (AvgIpc) is 2.80. The Bertz CT molecular complexity index is 1410. The predicted octanol–water partition coefficient (Wildman–Crippen LogP) is 5.75. The molecule has 182 valence electrons. The van der Waals surface area contributed by atoms with Crippen molar-refractivity contribution in [2.75, 3.05) is 11.9 Å². The summed E-state index contributed by atoms with van der Waals surface area (Å²) in [5.41, 5.74) is -1.18. The topological polar surface area (TPSA) is 60.3 Å². The summed E-state index contributed by atoms with van der Waals surface area (Å²) in [6, 6.07) is 14.8. The van der Waals surface area contributed by atoms with E-state index >= 15 is 0 Å². The predicted molar refractivity (Wildman–Crippen MR) is 117 cm³/mol. The lowest BCUT2D eigenvalue weighted by Gasteiger charge is -2.18. The van der Waals surface area contributed by atoms with Crippen LogP contribution in [0.3, 0.4) is 0 Å². The highest BCUT2D eigenvalue weighted by Gasteiger charge is 2.33. The summed E-state index contributed by atoms with van der Waals surface area (Å²) in [5, 5.41) is 2.87. The van der Waals surface area contributed by atoms with Gasteiger partial charge >= 0.3 is 12.4 Å². The molecule has 1 N–H and O–H groups in total. The molecule has 35 heavy (non-hydrogen) atoms. The minimum atomic E-state index is -4.80. The number of benzene rings is 3. The van der Waals surface area contributed by atoms with Crippen LogP contribution in [0.1, 0.15) is 5.56 Å². The number of para-hydroxylation sites is 2. The van der Waals surface area contributed by atoms with Gasteiger partial charge in [0.25, 0.3) is 0 Å². The number of carbonyl (C=O) groups excluding carboxylic acids is 1. The number of fused-ring (bicyclic) bond motifs is 2. The summed E-state index contributed by atoms with van der Waals surface area (Å²) >= 11 is 0. The van der Waals surface area contributed by atoms with Crippen LogP contribution in [-0.4, -0.2) is 23.3 Å². The molecule has 0 aliphatic carbocycles. The first-order chi connectivity index (χ1) is 16.4. The Labute approximate surface area is 193 Å². The van der Waals surface area contributed by atoms with Crippen LogP contribution in [-0.2, 0) is 17.5 Å². The second-order valence-corrected chi connectivity index (χ2v) is 7.61. The largest absolute Gasteiger partial charge is 0.482 e. The van der Waals surface area contributed by atoms with E-state index in [0.717, 1.165) is 0 Å². The van der Waals surface area contributed by atoms with Gasteiger partial charge in [0.2, 0.25) is 5.91 Å². The SMILES string of the molecule is O=C(Cn1c2ccccc2c(=O)c2ccccc21)Nc1cc(C(F)(F)F)ccc1OCC(F)(F)F. The average molecular weight is 494 g/mol. The fourth-order valence-electron chi connectivity index (χ4n) is 3.67. The minimum Gasteiger partial charge on any atom is -0.482 e. The second-order valence-electron chi connectivity index (χ2n) is 7.61. The number of nitrogens with one attached hydrogen (secondary N) is 1. The number of hydrogen-bond donors (Lipinski definition) is 1. The summed E-state index contributed by atoms with van der Waals surface area (Å²) in [7, 11) is 0. The molecular formula is C24H16F6N2O3. The van der Waals surface area contributed by atoms with Gasteiger partial charge in [-0.25, -0.2) is 0 Å². The molecule has 0 aliphatic rings. The molecule has 0 saturated carbocycles. The number of nitrogens with zero attached hydrogens (tertiary/aromatic N) is 1. The molecule has 3 aromatic carbocycles. The zero-order chi connectivity index (χ0) is 25.4. The standard InChI is InChI=1S/C24H16F6N2O3/c25-23(26,27)13-35-20-10-9-14(24(28,29)30)11-17(20)31-21(33)12-32-18-7-3-1-5-15(18)22(34)16-6-2-4-8-19(16)32/h1-11H,12-13H2,(H,31,33). The fraction of sp³-hybridized carbons (Fsp3) is 0.167. The molecule has 1 heterocycles. The molecule has 0 aliphatic heterocycles. The third-order valence-corrected chi connectivity index (χ3v) is 5.15. The highest BCUT2D eigenvalue weighted by atomic mass is 19.4. The van der Waals surface area contributed by atoms with Crippen LogP contribution in [0.5, 0.6) is 5.75 Å². The van der Waals surface area contributed by atoms with Crippen molar-refractivity contribution in [3.05, 3.63) is 82.5 Å². The third kappa shape index (κ3) is 5.23. The van der Waals surface area contributed by atoms with E-state index in [1.165, 1.54) is 4.57 Å². The molecule has 0 spiro atoms. The molecule has 1 aromatic heterocycles. The van der Waals surface area contributed by atoms with E-state index < -0.39 is 48.4 Å². The van der Waals surface area contributed by atoms with E-state index in [1.807, 2.05) is 0 Å². The van der Waals surface area contributed by atoms with Crippen LogP contribution < -0.4 is 15.5 Å². The van der Waals surface area contributed by atoms with E-state index in [1.54, 1.807) is 48.5 Å². The van der Waals surface area contributed by atoms with Crippen molar-refractivity contribution in [2.24, 2.45) is 0 Å². The lowest BCUT2D eigenvalue weighted by atomic mass is 10.1. The van der Waals surface area contributed by atoms with Crippen LogP contribution in [0.2, 0.25) is 0 Å². The first kappa shape index (κ1) is 24.1. The molecular weight excluding hydrogens is 478 g/mol. The number of pyridine rings is 1. The van der Waals surface area contributed by atoms with Crippen molar-refractivity contribution in [1.29, 1.82) is 0 Å². The molecule has 0 fully saturated rings. The monoisotopic (exact) mass is 494 g/mol. The van der Waals surface area contributed by atoms with Crippen LogP contribution in [0.25, 0.3) is 21.8 Å². The Hall–Kier alpha value is -4.02. The van der Waals surface area contributed by atoms with Crippen molar-refractivity contribution < 1.29 is 35.9 Å². The Morgan fingerprint density at radius 2 is 1.43 bits per heavy atom. The number of halogens is 6. The summed E-state index contributed by atoms with van der Waals surface area (Å²) < 4.78 is 83.5. The van der Waals surface area contributed by atoms with Crippen LogP contribution in [0.4, 0.5) is 32.0 Å². The number of amides is 1. The number of hydrogen-bond acceptors (Lipinski definition) is 3. The highest BCUT2D eigenvalue weighted by molar-refractivity contribution is 5.97. The molecule has 11 heteroatoms. The number of anilines is 1. The zero-order valence-electron chi connectivity index (χ0n) is 17.7. The van der Waals surface area contributed by atoms with Gasteiger partial charge in [-0.1, -0.05) is 24.3 Å². The summed E-state index contributed by atoms with van der Waals surface area (Å²) in [6.07, 6.45) is -9.54. The molecule has 5 nitrogen and oxygen atoms in total. The molecule has 4 rings (SSSR count). The van der Waals surface area contributed by atoms with Crippen LogP contribution in [0, 0.1) is 0 Å². The van der Waals surface area contributed by atoms with Gasteiger partial charge < -0.3 is 14.6 Å². The Morgan fingerprint density at radius 1 is 0.857 bits per heavy atom. The summed E-state index contributed by atoms with van der Waals surface area (Å²) in [6.45, 7) is -2.19. The maximum absolute atomic E-state index is 13.2. The molecule has 0 atom stereocenters. The van der Waals surface area contributed by atoms with Crippen LogP contribution >= 0.6 is 0 Å².